The number of nitrogens with zero attached hydrogens (tertiary/aromatic N) is 2. The van der Waals surface area contributed by atoms with Crippen molar-refractivity contribution in [1.82, 2.24) is 4.57 Å². The van der Waals surface area contributed by atoms with Crippen LogP contribution in [0.4, 0.5) is 0 Å². The summed E-state index contributed by atoms with van der Waals surface area (Å²) in [4.78, 5) is 31.7. The Morgan fingerprint density at radius 3 is 2.44 bits per heavy atom. The Morgan fingerprint density at radius 1 is 1.19 bits per heavy atom. The Balaban J connectivity index is 1.90. The van der Waals surface area contributed by atoms with E-state index in [1.54, 1.807) is 22.8 Å². The number of halogens is 2. The molecule has 188 valence electrons. The van der Waals surface area contributed by atoms with Crippen LogP contribution < -0.4 is 19.6 Å². The van der Waals surface area contributed by atoms with Crippen LogP contribution in [0.15, 0.2) is 63.5 Å². The molecule has 4 rings (SSSR count). The summed E-state index contributed by atoms with van der Waals surface area (Å²) in [5.41, 5.74) is 2.15. The van der Waals surface area contributed by atoms with E-state index < -0.39 is 12.0 Å². The average molecular weight is 545 g/mol. The number of esters is 1. The summed E-state index contributed by atoms with van der Waals surface area (Å²) in [5.74, 6) is -0.0835. The maximum absolute atomic E-state index is 13.7. The van der Waals surface area contributed by atoms with Crippen LogP contribution >= 0.6 is 34.5 Å². The lowest BCUT2D eigenvalue weighted by Crippen LogP contribution is -2.40. The van der Waals surface area contributed by atoms with Gasteiger partial charge < -0.3 is 9.47 Å². The van der Waals surface area contributed by atoms with Gasteiger partial charge in [-0.15, -0.1) is 0 Å². The molecular weight excluding hydrogens is 519 g/mol. The van der Waals surface area contributed by atoms with Crippen molar-refractivity contribution >= 4 is 46.6 Å². The van der Waals surface area contributed by atoms with Gasteiger partial charge in [-0.1, -0.05) is 78.7 Å². The molecule has 0 saturated carbocycles. The van der Waals surface area contributed by atoms with E-state index in [1.165, 1.54) is 18.4 Å². The monoisotopic (exact) mass is 544 g/mol. The molecule has 9 heteroatoms. The molecule has 1 aliphatic heterocycles. The van der Waals surface area contributed by atoms with Crippen LogP contribution in [0.25, 0.3) is 6.08 Å². The molecule has 0 radical (unpaired) electrons. The topological polar surface area (TPSA) is 69.9 Å². The van der Waals surface area contributed by atoms with Crippen molar-refractivity contribution in [2.75, 3.05) is 7.11 Å². The van der Waals surface area contributed by atoms with E-state index >= 15 is 0 Å². The molecule has 6 nitrogen and oxygen atoms in total. The second kappa shape index (κ2) is 11.0. The number of aromatic nitrogens is 1. The Labute approximate surface area is 223 Å². The fraction of sp³-hybridized carbons (Fsp3) is 0.296. The number of hydrogen-bond acceptors (Lipinski definition) is 6. The Hall–Kier alpha value is -2.87. The molecule has 0 saturated heterocycles. The van der Waals surface area contributed by atoms with Crippen molar-refractivity contribution in [3.8, 4) is 5.75 Å². The van der Waals surface area contributed by atoms with E-state index in [1.807, 2.05) is 51.1 Å². The number of methoxy groups -OCH3 is 1. The smallest absolute Gasteiger partial charge is 0.338 e. The normalized spacial score (nSPS) is 16.4. The van der Waals surface area contributed by atoms with Crippen LogP contribution in [0.1, 0.15) is 50.8 Å². The number of hydrogen-bond donors (Lipinski definition) is 0. The maximum Gasteiger partial charge on any atom is 0.338 e. The van der Waals surface area contributed by atoms with E-state index in [-0.39, 0.29) is 11.7 Å². The molecule has 0 aliphatic carbocycles. The van der Waals surface area contributed by atoms with Gasteiger partial charge in [-0.25, -0.2) is 9.79 Å². The zero-order chi connectivity index (χ0) is 26.0. The van der Waals surface area contributed by atoms with Gasteiger partial charge in [0.25, 0.3) is 5.56 Å². The fourth-order valence-electron chi connectivity index (χ4n) is 4.03. The quantitative estimate of drug-likeness (QED) is 0.379. The summed E-state index contributed by atoms with van der Waals surface area (Å²) >= 11 is 14.2. The third-order valence-electron chi connectivity index (χ3n) is 5.98. The molecule has 3 aromatic rings. The van der Waals surface area contributed by atoms with E-state index in [2.05, 4.69) is 4.99 Å². The van der Waals surface area contributed by atoms with Crippen LogP contribution in [0, 0.1) is 0 Å². The molecule has 2 aromatic carbocycles. The molecule has 2 atom stereocenters. The number of thiazole rings is 1. The molecule has 0 fully saturated rings. The molecule has 0 N–H and O–H groups in total. The minimum atomic E-state index is -0.648. The summed E-state index contributed by atoms with van der Waals surface area (Å²) in [7, 11) is 1.33. The second-order valence-corrected chi connectivity index (χ2v) is 10.2. The number of rotatable bonds is 7. The molecule has 0 spiro atoms. The largest absolute Gasteiger partial charge is 0.488 e. The van der Waals surface area contributed by atoms with Gasteiger partial charge in [0.15, 0.2) is 10.6 Å². The first-order valence-electron chi connectivity index (χ1n) is 11.6. The summed E-state index contributed by atoms with van der Waals surface area (Å²) in [6.45, 7) is 5.88. The fourth-order valence-corrected chi connectivity index (χ4v) is 5.64. The number of allylic oxidation sites excluding steroid dienone is 1. The molecule has 2 heterocycles. The van der Waals surface area contributed by atoms with Crippen LogP contribution in [-0.4, -0.2) is 23.8 Å². The zero-order valence-corrected chi connectivity index (χ0v) is 22.7. The molecule has 0 unspecified atom stereocenters. The minimum absolute atomic E-state index is 0.0377. The highest BCUT2D eigenvalue weighted by atomic mass is 35.5. The highest BCUT2D eigenvalue weighted by Gasteiger charge is 2.33. The van der Waals surface area contributed by atoms with Crippen molar-refractivity contribution in [2.45, 2.75) is 45.8 Å². The SMILES string of the molecule is CCC1=C(C(=O)OC)[C@@H](c2ccccc2)n2c(s/c(=C\c3cc(Cl)c(O[C@@H](C)CC)c(Cl)c3)c2=O)=N1. The number of ether oxygens (including phenoxy) is 2. The van der Waals surface area contributed by atoms with E-state index in [9.17, 15) is 9.59 Å². The minimum Gasteiger partial charge on any atom is -0.488 e. The van der Waals surface area contributed by atoms with Gasteiger partial charge in [-0.3, -0.25) is 9.36 Å². The van der Waals surface area contributed by atoms with Gasteiger partial charge in [0.05, 0.1) is 45.1 Å². The van der Waals surface area contributed by atoms with Crippen molar-refractivity contribution in [1.29, 1.82) is 0 Å². The molecule has 0 amide bonds. The van der Waals surface area contributed by atoms with Gasteiger partial charge in [0, 0.05) is 0 Å². The number of carbonyl (C=O) groups excluding carboxylic acids is 1. The zero-order valence-electron chi connectivity index (χ0n) is 20.4. The molecule has 36 heavy (non-hydrogen) atoms. The highest BCUT2D eigenvalue weighted by molar-refractivity contribution is 7.07. The van der Waals surface area contributed by atoms with Gasteiger partial charge in [-0.2, -0.15) is 0 Å². The van der Waals surface area contributed by atoms with Crippen molar-refractivity contribution in [3.05, 3.63) is 94.6 Å². The Morgan fingerprint density at radius 2 is 1.86 bits per heavy atom. The van der Waals surface area contributed by atoms with E-state index in [0.29, 0.717) is 48.4 Å². The summed E-state index contributed by atoms with van der Waals surface area (Å²) in [5, 5.41) is 0.732. The predicted octanol–water partition coefficient (Wildman–Crippen LogP) is 5.28. The van der Waals surface area contributed by atoms with E-state index in [4.69, 9.17) is 32.7 Å². The number of benzene rings is 2. The summed E-state index contributed by atoms with van der Waals surface area (Å²) in [6, 6.07) is 12.2. The van der Waals surface area contributed by atoms with Gasteiger partial charge in [0.2, 0.25) is 0 Å². The first-order chi connectivity index (χ1) is 17.3. The van der Waals surface area contributed by atoms with Crippen LogP contribution in [0.5, 0.6) is 5.75 Å². The van der Waals surface area contributed by atoms with Crippen LogP contribution in [0.3, 0.4) is 0 Å². The van der Waals surface area contributed by atoms with Crippen molar-refractivity contribution in [3.63, 3.8) is 0 Å². The van der Waals surface area contributed by atoms with E-state index in [0.717, 1.165) is 12.0 Å². The van der Waals surface area contributed by atoms with Gasteiger partial charge >= 0.3 is 5.97 Å². The summed E-state index contributed by atoms with van der Waals surface area (Å²) in [6.07, 6.45) is 3.02. The van der Waals surface area contributed by atoms with Crippen molar-refractivity contribution < 1.29 is 14.3 Å². The average Bonchev–Trinajstić information content (AvgIpc) is 3.19. The number of fused-ring (bicyclic) bond motifs is 1. The standard InChI is InChI=1S/C27H26Cl2N2O4S/c1-5-15(3)35-24-18(28)12-16(13-19(24)29)14-21-25(32)31-23(17-10-8-7-9-11-17)22(26(33)34-4)20(6-2)30-27(31)36-21/h7-15,23H,5-6H2,1-4H3/b21-14-/t15-,23+/m0/s1. The van der Waals surface area contributed by atoms with Crippen LogP contribution in [-0.2, 0) is 9.53 Å². The van der Waals surface area contributed by atoms with Gasteiger partial charge in [0.1, 0.15) is 0 Å². The highest BCUT2D eigenvalue weighted by Crippen LogP contribution is 2.36. The maximum atomic E-state index is 13.7. The third kappa shape index (κ3) is 5.01. The lowest BCUT2D eigenvalue weighted by molar-refractivity contribution is -0.136. The third-order valence-corrected chi connectivity index (χ3v) is 7.52. The predicted molar refractivity (Wildman–Crippen MR) is 144 cm³/mol. The second-order valence-electron chi connectivity index (χ2n) is 8.35. The molecule has 0 bridgehead atoms. The summed E-state index contributed by atoms with van der Waals surface area (Å²) < 4.78 is 12.9. The molecular formula is C27H26Cl2N2O4S. The lowest BCUT2D eigenvalue weighted by atomic mass is 9.95. The first-order valence-corrected chi connectivity index (χ1v) is 13.2. The molecule has 1 aromatic heterocycles. The Bertz CT molecular complexity index is 1490. The first kappa shape index (κ1) is 26.2. The Kier molecular flexibility index (Phi) is 8.03. The van der Waals surface area contributed by atoms with Crippen molar-refractivity contribution in [2.24, 2.45) is 4.99 Å². The lowest BCUT2D eigenvalue weighted by Gasteiger charge is -2.25. The number of carbonyl (C=O) groups is 1. The van der Waals surface area contributed by atoms with Crippen LogP contribution in [0.2, 0.25) is 10.0 Å². The van der Waals surface area contributed by atoms with Gasteiger partial charge in [-0.05, 0) is 49.1 Å². The molecule has 1 aliphatic rings.